The first-order chi connectivity index (χ1) is 26.5. The van der Waals surface area contributed by atoms with Gasteiger partial charge in [0.1, 0.15) is 29.3 Å². The standard InChI is InChI=1S/C38H46N6O11S/c1-37(2,3)55-35(48)39-30-14-8-6-4-5-7-13-26-20-38(26,34(47)41-56(52,53)29-17-15-27(16-18-29)44(50)51)40-32(45)31-19-28(23-43(31)33(30)46)54-36(49)42-21-24-11-9-10-12-25(24)22-42/h7,9-13,15-18,26,28,30-31H,4-6,8,14,19-23H2,1-3H3,(H,39,48)(H,40,45)(H,41,47)/t26-,28-,30+,31+,38-/m1/s1. The lowest BCUT2D eigenvalue weighted by molar-refractivity contribution is -0.384. The van der Waals surface area contributed by atoms with Gasteiger partial charge in [0.2, 0.25) is 11.8 Å². The van der Waals surface area contributed by atoms with Crippen LogP contribution in [0.25, 0.3) is 0 Å². The summed E-state index contributed by atoms with van der Waals surface area (Å²) in [6.07, 6.45) is 3.91. The van der Waals surface area contributed by atoms with Gasteiger partial charge in [-0.1, -0.05) is 49.3 Å². The normalized spacial score (nSPS) is 25.3. The van der Waals surface area contributed by atoms with Gasteiger partial charge in [-0.05, 0) is 69.7 Å². The van der Waals surface area contributed by atoms with Crippen LogP contribution < -0.4 is 15.4 Å². The number of nitrogens with zero attached hydrogens (tertiary/aromatic N) is 3. The van der Waals surface area contributed by atoms with Crippen molar-refractivity contribution in [1.29, 1.82) is 0 Å². The van der Waals surface area contributed by atoms with Crippen LogP contribution in [0, 0.1) is 16.0 Å². The Morgan fingerprint density at radius 1 is 1.00 bits per heavy atom. The lowest BCUT2D eigenvalue weighted by Crippen LogP contribution is -2.58. The van der Waals surface area contributed by atoms with Crippen LogP contribution in [-0.4, -0.2) is 88.9 Å². The molecule has 300 valence electrons. The Hall–Kier alpha value is -5.52. The number of hydrogen-bond acceptors (Lipinski definition) is 11. The molecular formula is C38H46N6O11S. The molecule has 17 nitrogen and oxygen atoms in total. The van der Waals surface area contributed by atoms with Crippen molar-refractivity contribution in [2.45, 2.75) is 113 Å². The fraction of sp³-hybridized carbons (Fsp3) is 0.500. The van der Waals surface area contributed by atoms with Crippen molar-refractivity contribution >= 4 is 45.6 Å². The van der Waals surface area contributed by atoms with E-state index in [0.717, 1.165) is 35.4 Å². The van der Waals surface area contributed by atoms with Gasteiger partial charge in [0.15, 0.2) is 0 Å². The third-order valence-electron chi connectivity index (χ3n) is 10.3. The molecule has 2 fully saturated rings. The predicted molar refractivity (Wildman–Crippen MR) is 199 cm³/mol. The van der Waals surface area contributed by atoms with Crippen LogP contribution >= 0.6 is 0 Å². The molecule has 56 heavy (non-hydrogen) atoms. The number of nitrogens with one attached hydrogen (secondary N) is 3. The molecule has 3 N–H and O–H groups in total. The molecule has 3 aliphatic heterocycles. The Labute approximate surface area is 324 Å². The average Bonchev–Trinajstić information content (AvgIpc) is 3.42. The SMILES string of the molecule is CC(C)(C)OC(=O)N[C@H]1CCCCCC=C[C@@H]2C[C@@]2(C(=O)NS(=O)(=O)c2ccc([N+](=O)[O-])cc2)NC(=O)[C@@H]2C[C@@H](OC(=O)N3Cc4ccccc4C3)CN2C1=O. The molecule has 5 amide bonds. The average molecular weight is 795 g/mol. The highest BCUT2D eigenvalue weighted by Crippen LogP contribution is 2.46. The number of rotatable bonds is 6. The summed E-state index contributed by atoms with van der Waals surface area (Å²) >= 11 is 0. The first-order valence-corrected chi connectivity index (χ1v) is 20.1. The van der Waals surface area contributed by atoms with Gasteiger partial charge in [0, 0.05) is 37.6 Å². The van der Waals surface area contributed by atoms with Crippen molar-refractivity contribution in [2.75, 3.05) is 6.54 Å². The van der Waals surface area contributed by atoms with Crippen LogP contribution in [0.1, 0.15) is 76.8 Å². The van der Waals surface area contributed by atoms with E-state index in [2.05, 4.69) is 10.6 Å². The van der Waals surface area contributed by atoms with Gasteiger partial charge in [0.05, 0.1) is 16.4 Å². The minimum Gasteiger partial charge on any atom is -0.444 e. The zero-order valence-corrected chi connectivity index (χ0v) is 32.2. The number of nitro benzene ring substituents is 1. The molecule has 4 aliphatic rings. The van der Waals surface area contributed by atoms with E-state index in [4.69, 9.17) is 9.47 Å². The van der Waals surface area contributed by atoms with Gasteiger partial charge in [-0.2, -0.15) is 0 Å². The molecule has 0 bridgehead atoms. The highest BCUT2D eigenvalue weighted by Gasteiger charge is 2.61. The second-order valence-corrected chi connectivity index (χ2v) is 17.3. The van der Waals surface area contributed by atoms with Crippen molar-refractivity contribution in [3.05, 3.63) is 81.9 Å². The molecule has 1 saturated heterocycles. The van der Waals surface area contributed by atoms with E-state index < -0.39 is 85.0 Å². The van der Waals surface area contributed by atoms with Crippen molar-refractivity contribution in [1.82, 2.24) is 25.2 Å². The Morgan fingerprint density at radius 2 is 1.68 bits per heavy atom. The topological polar surface area (TPSA) is 224 Å². The number of amides is 5. The number of ether oxygens (including phenoxy) is 2. The van der Waals surface area contributed by atoms with E-state index in [9.17, 15) is 42.5 Å². The van der Waals surface area contributed by atoms with Gasteiger partial charge < -0.3 is 25.0 Å². The van der Waals surface area contributed by atoms with Gasteiger partial charge in [-0.25, -0.2) is 22.7 Å². The number of alkyl carbamates (subject to hydrolysis) is 1. The van der Waals surface area contributed by atoms with Crippen LogP contribution in [0.3, 0.4) is 0 Å². The highest BCUT2D eigenvalue weighted by atomic mass is 32.2. The van der Waals surface area contributed by atoms with E-state index >= 15 is 0 Å². The number of hydrogen-bond donors (Lipinski definition) is 3. The first kappa shape index (κ1) is 40.2. The predicted octanol–water partition coefficient (Wildman–Crippen LogP) is 3.81. The highest BCUT2D eigenvalue weighted by molar-refractivity contribution is 7.90. The zero-order valence-electron chi connectivity index (χ0n) is 31.4. The number of nitro groups is 1. The van der Waals surface area contributed by atoms with Crippen LogP contribution in [0.4, 0.5) is 15.3 Å². The smallest absolute Gasteiger partial charge is 0.410 e. The number of sulfonamides is 1. The Balaban J connectivity index is 1.26. The molecule has 3 heterocycles. The monoisotopic (exact) mass is 794 g/mol. The number of non-ortho nitro benzene ring substituents is 1. The summed E-state index contributed by atoms with van der Waals surface area (Å²) < 4.78 is 39.9. The quantitative estimate of drug-likeness (QED) is 0.217. The van der Waals surface area contributed by atoms with Crippen LogP contribution in [0.2, 0.25) is 0 Å². The second-order valence-electron chi connectivity index (χ2n) is 15.6. The van der Waals surface area contributed by atoms with Crippen molar-refractivity contribution in [3.63, 3.8) is 0 Å². The lowest BCUT2D eigenvalue weighted by Gasteiger charge is -2.30. The zero-order chi connectivity index (χ0) is 40.4. The number of allylic oxidation sites excluding steroid dienone is 1. The van der Waals surface area contributed by atoms with Gasteiger partial charge in [-0.3, -0.25) is 29.4 Å². The van der Waals surface area contributed by atoms with Gasteiger partial charge in [-0.15, -0.1) is 0 Å². The lowest BCUT2D eigenvalue weighted by atomic mass is 10.0. The van der Waals surface area contributed by atoms with Gasteiger partial charge in [0.25, 0.3) is 21.6 Å². The molecule has 1 saturated carbocycles. The van der Waals surface area contributed by atoms with Crippen molar-refractivity contribution < 1.29 is 46.8 Å². The van der Waals surface area contributed by atoms with Crippen LogP contribution in [-0.2, 0) is 47.0 Å². The maximum absolute atomic E-state index is 14.4. The van der Waals surface area contributed by atoms with Crippen LogP contribution in [0.15, 0.2) is 65.6 Å². The number of benzene rings is 2. The molecule has 0 radical (unpaired) electrons. The molecule has 2 aromatic rings. The fourth-order valence-electron chi connectivity index (χ4n) is 7.31. The molecule has 0 unspecified atom stereocenters. The molecule has 0 spiro atoms. The van der Waals surface area contributed by atoms with E-state index in [0.29, 0.717) is 38.8 Å². The molecule has 5 atom stereocenters. The van der Waals surface area contributed by atoms with Crippen LogP contribution in [0.5, 0.6) is 0 Å². The number of carbonyl (C=O) groups is 5. The summed E-state index contributed by atoms with van der Waals surface area (Å²) in [5, 5.41) is 16.5. The fourth-order valence-corrected chi connectivity index (χ4v) is 8.35. The number of carbonyl (C=O) groups excluding carboxylic acids is 5. The third-order valence-corrected chi connectivity index (χ3v) is 11.6. The van der Waals surface area contributed by atoms with E-state index in [1.54, 1.807) is 26.8 Å². The first-order valence-electron chi connectivity index (χ1n) is 18.6. The summed E-state index contributed by atoms with van der Waals surface area (Å²) in [5.74, 6) is -3.01. The largest absolute Gasteiger partial charge is 0.444 e. The maximum atomic E-state index is 14.4. The van der Waals surface area contributed by atoms with Crippen molar-refractivity contribution in [2.24, 2.45) is 5.92 Å². The number of fused-ring (bicyclic) bond motifs is 3. The summed E-state index contributed by atoms with van der Waals surface area (Å²) in [6.45, 7) is 5.52. The Morgan fingerprint density at radius 3 is 2.32 bits per heavy atom. The third kappa shape index (κ3) is 9.12. The molecule has 6 rings (SSSR count). The minimum absolute atomic E-state index is 0.0499. The maximum Gasteiger partial charge on any atom is 0.410 e. The molecule has 0 aromatic heterocycles. The molecule has 18 heteroatoms. The van der Waals surface area contributed by atoms with E-state index in [-0.39, 0.29) is 31.5 Å². The summed E-state index contributed by atoms with van der Waals surface area (Å²) in [5.41, 5.74) is -0.974. The van der Waals surface area contributed by atoms with Crippen molar-refractivity contribution in [3.8, 4) is 0 Å². The molecular weight excluding hydrogens is 749 g/mol. The molecule has 2 aromatic carbocycles. The van der Waals surface area contributed by atoms with Gasteiger partial charge >= 0.3 is 12.2 Å². The van der Waals surface area contributed by atoms with E-state index in [1.807, 2.05) is 35.1 Å². The van der Waals surface area contributed by atoms with E-state index in [1.165, 1.54) is 9.80 Å². The minimum atomic E-state index is -4.53. The summed E-state index contributed by atoms with van der Waals surface area (Å²) in [4.78, 5) is 81.7. The summed E-state index contributed by atoms with van der Waals surface area (Å²) in [7, 11) is -4.53. The molecule has 1 aliphatic carbocycles. The second kappa shape index (κ2) is 15.9. The Kier molecular flexibility index (Phi) is 11.4. The summed E-state index contributed by atoms with van der Waals surface area (Å²) in [6, 6.07) is 9.20. The Bertz CT molecular complexity index is 2010.